The maximum atomic E-state index is 13.0. The molecule has 0 unspecified atom stereocenters. The van der Waals surface area contributed by atoms with Crippen LogP contribution in [0.1, 0.15) is 0 Å². The minimum absolute atomic E-state index is 0.0505. The number of ether oxygens (including phenoxy) is 1. The highest BCUT2D eigenvalue weighted by atomic mass is 19.1. The minimum Gasteiger partial charge on any atom is -0.488 e. The molecule has 2 rings (SSSR count). The lowest BCUT2D eigenvalue weighted by atomic mass is 10.3. The summed E-state index contributed by atoms with van der Waals surface area (Å²) in [5.41, 5.74) is 0.624. The summed E-state index contributed by atoms with van der Waals surface area (Å²) in [5, 5.41) is 12.6. The predicted octanol–water partition coefficient (Wildman–Crippen LogP) is 1.38. The highest BCUT2D eigenvalue weighted by molar-refractivity contribution is 5.32. The van der Waals surface area contributed by atoms with Crippen LogP contribution >= 0.6 is 0 Å². The van der Waals surface area contributed by atoms with E-state index in [4.69, 9.17) is 9.84 Å². The van der Waals surface area contributed by atoms with Crippen LogP contribution in [0.2, 0.25) is 0 Å². The lowest BCUT2D eigenvalue weighted by Gasteiger charge is -2.00. The smallest absolute Gasteiger partial charge is 0.157 e. The second-order valence-electron chi connectivity index (χ2n) is 3.17. The molecular weight excluding hydrogens is 211 g/mol. The molecule has 2 aromatic rings. The fourth-order valence-electron chi connectivity index (χ4n) is 1.30. The van der Waals surface area contributed by atoms with Crippen LogP contribution in [0.5, 0.6) is 5.75 Å². The Morgan fingerprint density at radius 3 is 3.06 bits per heavy atom. The van der Waals surface area contributed by atoms with Crippen molar-refractivity contribution < 1.29 is 14.2 Å². The lowest BCUT2D eigenvalue weighted by Crippen LogP contribution is -2.00. The third kappa shape index (κ3) is 2.38. The van der Waals surface area contributed by atoms with E-state index in [1.165, 1.54) is 23.0 Å². The third-order valence-corrected chi connectivity index (χ3v) is 1.99. The van der Waals surface area contributed by atoms with Crippen LogP contribution < -0.4 is 4.74 Å². The van der Waals surface area contributed by atoms with Gasteiger partial charge in [0.05, 0.1) is 24.7 Å². The van der Waals surface area contributed by atoms with Gasteiger partial charge in [-0.05, 0) is 18.2 Å². The molecule has 5 heteroatoms. The molecule has 0 spiro atoms. The largest absolute Gasteiger partial charge is 0.488 e. The number of rotatable bonds is 4. The van der Waals surface area contributed by atoms with Crippen molar-refractivity contribution in [3.8, 4) is 11.4 Å². The molecule has 84 valence electrons. The van der Waals surface area contributed by atoms with E-state index in [2.05, 4.69) is 5.10 Å². The van der Waals surface area contributed by atoms with Crippen molar-refractivity contribution in [3.05, 3.63) is 42.5 Å². The highest BCUT2D eigenvalue weighted by Gasteiger charge is 2.02. The van der Waals surface area contributed by atoms with Crippen LogP contribution in [0.4, 0.5) is 4.39 Å². The number of hydrogen-bond donors (Lipinski definition) is 1. The zero-order valence-corrected chi connectivity index (χ0v) is 8.51. The maximum absolute atomic E-state index is 13.0. The number of halogens is 1. The Bertz CT molecular complexity index is 471. The molecule has 4 nitrogen and oxygen atoms in total. The quantitative estimate of drug-likeness (QED) is 0.850. The number of aliphatic hydroxyl groups is 1. The molecule has 0 aliphatic carbocycles. The summed E-state index contributed by atoms with van der Waals surface area (Å²) in [4.78, 5) is 0. The highest BCUT2D eigenvalue weighted by Crippen LogP contribution is 2.14. The average molecular weight is 222 g/mol. The molecule has 0 saturated heterocycles. The molecule has 1 aromatic heterocycles. The van der Waals surface area contributed by atoms with Crippen LogP contribution in [0.15, 0.2) is 36.7 Å². The lowest BCUT2D eigenvalue weighted by molar-refractivity contribution is 0.201. The molecule has 0 saturated carbocycles. The van der Waals surface area contributed by atoms with Gasteiger partial charge in [-0.1, -0.05) is 6.07 Å². The first-order valence-corrected chi connectivity index (χ1v) is 4.84. The monoisotopic (exact) mass is 222 g/mol. The third-order valence-electron chi connectivity index (χ3n) is 1.99. The van der Waals surface area contributed by atoms with Crippen molar-refractivity contribution in [3.63, 3.8) is 0 Å². The van der Waals surface area contributed by atoms with Gasteiger partial charge in [-0.15, -0.1) is 0 Å². The van der Waals surface area contributed by atoms with Gasteiger partial charge in [0.2, 0.25) is 0 Å². The number of hydrogen-bond acceptors (Lipinski definition) is 3. The van der Waals surface area contributed by atoms with Crippen LogP contribution in [0.3, 0.4) is 0 Å². The van der Waals surface area contributed by atoms with Gasteiger partial charge >= 0.3 is 0 Å². The molecular formula is C11H11FN2O2. The van der Waals surface area contributed by atoms with Crippen molar-refractivity contribution in [2.24, 2.45) is 0 Å². The summed E-state index contributed by atoms with van der Waals surface area (Å²) in [6, 6.07) is 6.10. The fourth-order valence-corrected chi connectivity index (χ4v) is 1.30. The van der Waals surface area contributed by atoms with Crippen molar-refractivity contribution in [1.82, 2.24) is 9.78 Å². The standard InChI is InChI=1S/C11H11FN2O2/c12-9-2-1-3-10(6-9)14-8-11(7-13-14)16-5-4-15/h1-3,6-8,15H,4-5H2. The van der Waals surface area contributed by atoms with E-state index in [1.54, 1.807) is 18.3 Å². The minimum atomic E-state index is -0.314. The van der Waals surface area contributed by atoms with Crippen LogP contribution in [0, 0.1) is 5.82 Å². The summed E-state index contributed by atoms with van der Waals surface area (Å²) in [5.74, 6) is 0.226. The summed E-state index contributed by atoms with van der Waals surface area (Å²) in [7, 11) is 0. The average Bonchev–Trinajstić information content (AvgIpc) is 2.75. The van der Waals surface area contributed by atoms with Crippen LogP contribution in [-0.4, -0.2) is 28.1 Å². The van der Waals surface area contributed by atoms with Crippen molar-refractivity contribution in [2.45, 2.75) is 0 Å². The van der Waals surface area contributed by atoms with Crippen LogP contribution in [0.25, 0.3) is 5.69 Å². The Morgan fingerprint density at radius 2 is 2.31 bits per heavy atom. The van der Waals surface area contributed by atoms with E-state index in [9.17, 15) is 4.39 Å². The summed E-state index contributed by atoms with van der Waals surface area (Å²) in [6.45, 7) is 0.167. The predicted molar refractivity (Wildman–Crippen MR) is 56.1 cm³/mol. The summed E-state index contributed by atoms with van der Waals surface area (Å²) < 4.78 is 19.6. The second-order valence-corrected chi connectivity index (χ2v) is 3.17. The van der Waals surface area contributed by atoms with E-state index >= 15 is 0 Å². The van der Waals surface area contributed by atoms with E-state index < -0.39 is 0 Å². The number of aromatic nitrogens is 2. The van der Waals surface area contributed by atoms with Gasteiger partial charge in [-0.25, -0.2) is 9.07 Å². The Morgan fingerprint density at radius 1 is 1.44 bits per heavy atom. The molecule has 1 heterocycles. The van der Waals surface area contributed by atoms with Gasteiger partial charge in [0, 0.05) is 0 Å². The molecule has 0 radical (unpaired) electrons. The number of nitrogens with zero attached hydrogens (tertiary/aromatic N) is 2. The van der Waals surface area contributed by atoms with Gasteiger partial charge in [-0.2, -0.15) is 5.10 Å². The van der Waals surface area contributed by atoms with E-state index in [1.807, 2.05) is 0 Å². The Labute approximate surface area is 91.9 Å². The molecule has 0 fully saturated rings. The van der Waals surface area contributed by atoms with Gasteiger partial charge in [-0.3, -0.25) is 0 Å². The molecule has 0 aliphatic rings. The van der Waals surface area contributed by atoms with Gasteiger partial charge in [0.15, 0.2) is 5.75 Å². The first-order valence-electron chi connectivity index (χ1n) is 4.84. The van der Waals surface area contributed by atoms with Crippen LogP contribution in [-0.2, 0) is 0 Å². The topological polar surface area (TPSA) is 47.3 Å². The first kappa shape index (κ1) is 10.6. The maximum Gasteiger partial charge on any atom is 0.157 e. The molecule has 1 N–H and O–H groups in total. The van der Waals surface area contributed by atoms with Gasteiger partial charge in [0.25, 0.3) is 0 Å². The number of benzene rings is 1. The molecule has 0 bridgehead atoms. The fraction of sp³-hybridized carbons (Fsp3) is 0.182. The van der Waals surface area contributed by atoms with Gasteiger partial charge in [0.1, 0.15) is 12.4 Å². The second kappa shape index (κ2) is 4.76. The summed E-state index contributed by atoms with van der Waals surface area (Å²) in [6.07, 6.45) is 3.14. The Balaban J connectivity index is 2.18. The normalized spacial score (nSPS) is 10.4. The summed E-state index contributed by atoms with van der Waals surface area (Å²) >= 11 is 0. The van der Waals surface area contributed by atoms with E-state index in [0.29, 0.717) is 11.4 Å². The van der Waals surface area contributed by atoms with Crippen molar-refractivity contribution in [1.29, 1.82) is 0 Å². The van der Waals surface area contributed by atoms with Gasteiger partial charge < -0.3 is 9.84 Å². The Kier molecular flexibility index (Phi) is 3.16. The zero-order chi connectivity index (χ0) is 11.4. The van der Waals surface area contributed by atoms with E-state index in [0.717, 1.165) is 0 Å². The molecule has 1 aromatic carbocycles. The molecule has 0 atom stereocenters. The zero-order valence-electron chi connectivity index (χ0n) is 8.51. The molecule has 0 amide bonds. The van der Waals surface area contributed by atoms with E-state index in [-0.39, 0.29) is 19.0 Å². The molecule has 0 aliphatic heterocycles. The van der Waals surface area contributed by atoms with Crippen molar-refractivity contribution >= 4 is 0 Å². The first-order chi connectivity index (χ1) is 7.79. The number of aliphatic hydroxyl groups excluding tert-OH is 1. The SMILES string of the molecule is OCCOc1cnn(-c2cccc(F)c2)c1. The molecule has 16 heavy (non-hydrogen) atoms. The van der Waals surface area contributed by atoms with Crippen molar-refractivity contribution in [2.75, 3.05) is 13.2 Å². The Hall–Kier alpha value is -1.88.